The van der Waals surface area contributed by atoms with E-state index >= 15 is 0 Å². The number of carbonyl (C=O) groups excluding carboxylic acids is 2. The molecule has 1 atom stereocenters. The minimum Gasteiger partial charge on any atom is -0.351 e. The third-order valence-corrected chi connectivity index (χ3v) is 7.76. The molecule has 1 N–H and O–H groups in total. The molecule has 3 aromatic rings. The fraction of sp³-hybridized carbons (Fsp3) is 0.417. The Balaban J connectivity index is 1.63. The summed E-state index contributed by atoms with van der Waals surface area (Å²) in [6.07, 6.45) is 4.34. The van der Waals surface area contributed by atoms with Crippen molar-refractivity contribution in [3.8, 4) is 0 Å². The number of thiophene rings is 1. The molecule has 3 heterocycles. The third-order valence-electron chi connectivity index (χ3n) is 6.81. The number of carbonyl (C=O) groups is 2. The minimum atomic E-state index is -0.996. The molecule has 0 bridgehead atoms. The van der Waals surface area contributed by atoms with Crippen LogP contribution in [0.25, 0.3) is 10.2 Å². The zero-order valence-electron chi connectivity index (χ0n) is 17.7. The first-order chi connectivity index (χ1) is 14.4. The highest BCUT2D eigenvalue weighted by Gasteiger charge is 2.49. The molecule has 1 fully saturated rings. The Morgan fingerprint density at radius 3 is 2.63 bits per heavy atom. The number of hydrogen-bond donors (Lipinski definition) is 1. The Hall–Kier alpha value is -2.60. The number of amides is 2. The van der Waals surface area contributed by atoms with E-state index in [1.165, 1.54) is 5.56 Å². The minimum absolute atomic E-state index is 0.0648. The van der Waals surface area contributed by atoms with Crippen molar-refractivity contribution in [3.05, 3.63) is 52.5 Å². The van der Waals surface area contributed by atoms with E-state index in [0.717, 1.165) is 47.2 Å². The highest BCUT2D eigenvalue weighted by molar-refractivity contribution is 7.16. The molecule has 2 aliphatic rings. The molecule has 156 valence electrons. The number of rotatable bonds is 3. The number of benzene rings is 1. The summed E-state index contributed by atoms with van der Waals surface area (Å²) in [5, 5.41) is 6.35. The quantitative estimate of drug-likeness (QED) is 0.661. The maximum Gasteiger partial charge on any atom is 0.275 e. The van der Waals surface area contributed by atoms with Crippen molar-refractivity contribution in [2.75, 3.05) is 4.90 Å². The summed E-state index contributed by atoms with van der Waals surface area (Å²) in [7, 11) is 0. The van der Waals surface area contributed by atoms with Gasteiger partial charge in [0.15, 0.2) is 0 Å². The van der Waals surface area contributed by atoms with E-state index in [0.29, 0.717) is 12.2 Å². The molecule has 1 saturated carbocycles. The Kier molecular flexibility index (Phi) is 4.51. The second kappa shape index (κ2) is 6.98. The van der Waals surface area contributed by atoms with Crippen LogP contribution in [0.5, 0.6) is 0 Å². The number of aromatic nitrogens is 1. The maximum absolute atomic E-state index is 13.8. The average Bonchev–Trinajstić information content (AvgIpc) is 3.43. The monoisotopic (exact) mass is 421 g/mol. The lowest BCUT2D eigenvalue weighted by molar-refractivity contribution is -0.127. The molecule has 0 radical (unpaired) electrons. The van der Waals surface area contributed by atoms with Crippen LogP contribution in [0.15, 0.2) is 35.7 Å². The maximum atomic E-state index is 13.8. The van der Waals surface area contributed by atoms with Crippen molar-refractivity contribution in [1.29, 1.82) is 0 Å². The van der Waals surface area contributed by atoms with Crippen LogP contribution in [0.2, 0.25) is 0 Å². The highest BCUT2D eigenvalue weighted by atomic mass is 32.1. The molecule has 2 amide bonds. The number of aryl methyl sites for hydroxylation is 2. The first-order valence-corrected chi connectivity index (χ1v) is 11.6. The van der Waals surface area contributed by atoms with E-state index in [1.807, 2.05) is 54.1 Å². The van der Waals surface area contributed by atoms with Crippen LogP contribution < -0.4 is 10.2 Å². The van der Waals surface area contributed by atoms with Crippen molar-refractivity contribution < 1.29 is 9.59 Å². The number of nitrogens with zero attached hydrogens (tertiary/aromatic N) is 2. The summed E-state index contributed by atoms with van der Waals surface area (Å²) in [6.45, 7) is 6.46. The van der Waals surface area contributed by atoms with Gasteiger partial charge in [-0.05, 0) is 74.4 Å². The first-order valence-electron chi connectivity index (χ1n) is 10.7. The van der Waals surface area contributed by atoms with E-state index in [2.05, 4.69) is 12.2 Å². The zero-order chi connectivity index (χ0) is 21.0. The van der Waals surface area contributed by atoms with Crippen molar-refractivity contribution in [2.24, 2.45) is 0 Å². The van der Waals surface area contributed by atoms with Crippen LogP contribution in [0.4, 0.5) is 5.69 Å². The molecule has 0 saturated heterocycles. The molecule has 1 aliphatic carbocycles. The van der Waals surface area contributed by atoms with Gasteiger partial charge >= 0.3 is 0 Å². The molecule has 5 rings (SSSR count). The Morgan fingerprint density at radius 1 is 1.13 bits per heavy atom. The number of hydrogen-bond acceptors (Lipinski definition) is 3. The second-order valence-electron chi connectivity index (χ2n) is 8.93. The standard InChI is InChI=1S/C24H27N3O2S/c1-15-8-9-19(12-16(15)2)27-21(28)20-13-17-10-11-30-22(17)26(20)14-24(27,3)23(29)25-18-6-4-5-7-18/h8-13,18H,4-7,14H2,1-3H3,(H,25,29)/t24-/m0/s1. The Bertz CT molecular complexity index is 1150. The lowest BCUT2D eigenvalue weighted by Crippen LogP contribution is -2.65. The lowest BCUT2D eigenvalue weighted by Gasteiger charge is -2.44. The molecular formula is C24H27N3O2S. The summed E-state index contributed by atoms with van der Waals surface area (Å²) in [5.41, 5.74) is 2.72. The second-order valence-corrected chi connectivity index (χ2v) is 9.83. The summed E-state index contributed by atoms with van der Waals surface area (Å²) in [5.74, 6) is -0.179. The van der Waals surface area contributed by atoms with Crippen molar-refractivity contribution in [2.45, 2.75) is 64.6 Å². The Morgan fingerprint density at radius 2 is 1.90 bits per heavy atom. The smallest absolute Gasteiger partial charge is 0.275 e. The van der Waals surface area contributed by atoms with Crippen molar-refractivity contribution in [3.63, 3.8) is 0 Å². The van der Waals surface area contributed by atoms with E-state index in [4.69, 9.17) is 0 Å². The number of nitrogens with one attached hydrogen (secondary N) is 1. The fourth-order valence-corrected chi connectivity index (χ4v) is 5.77. The van der Waals surface area contributed by atoms with E-state index < -0.39 is 5.54 Å². The molecule has 5 nitrogen and oxygen atoms in total. The zero-order valence-corrected chi connectivity index (χ0v) is 18.5. The summed E-state index contributed by atoms with van der Waals surface area (Å²) < 4.78 is 2.04. The van der Waals surface area contributed by atoms with Gasteiger partial charge in [-0.3, -0.25) is 14.5 Å². The van der Waals surface area contributed by atoms with Crippen LogP contribution >= 0.6 is 11.3 Å². The molecule has 1 aromatic carbocycles. The van der Waals surface area contributed by atoms with E-state index in [1.54, 1.807) is 16.2 Å². The summed E-state index contributed by atoms with van der Waals surface area (Å²) in [6, 6.07) is 10.2. The van der Waals surface area contributed by atoms with Gasteiger partial charge in [0.05, 0.1) is 6.54 Å². The topological polar surface area (TPSA) is 54.3 Å². The molecule has 1 aliphatic heterocycles. The van der Waals surface area contributed by atoms with Crippen LogP contribution in [0.1, 0.15) is 54.2 Å². The lowest BCUT2D eigenvalue weighted by atomic mass is 9.92. The van der Waals surface area contributed by atoms with Gasteiger partial charge in [0.25, 0.3) is 5.91 Å². The van der Waals surface area contributed by atoms with Gasteiger partial charge in [-0.25, -0.2) is 0 Å². The Labute approximate surface area is 180 Å². The first kappa shape index (κ1) is 19.4. The van der Waals surface area contributed by atoms with Crippen LogP contribution in [0.3, 0.4) is 0 Å². The summed E-state index contributed by atoms with van der Waals surface area (Å²) >= 11 is 1.62. The molecule has 6 heteroatoms. The van der Waals surface area contributed by atoms with E-state index in [9.17, 15) is 9.59 Å². The fourth-order valence-electron chi connectivity index (χ4n) is 4.88. The van der Waals surface area contributed by atoms with Crippen molar-refractivity contribution in [1.82, 2.24) is 9.88 Å². The van der Waals surface area contributed by atoms with Gasteiger partial charge in [0.1, 0.15) is 16.1 Å². The van der Waals surface area contributed by atoms with Gasteiger partial charge in [-0.15, -0.1) is 11.3 Å². The number of fused-ring (bicyclic) bond motifs is 3. The summed E-state index contributed by atoms with van der Waals surface area (Å²) in [4.78, 5) is 30.2. The highest BCUT2D eigenvalue weighted by Crippen LogP contribution is 2.38. The van der Waals surface area contributed by atoms with Crippen LogP contribution in [-0.4, -0.2) is 28.0 Å². The van der Waals surface area contributed by atoms with Gasteiger partial charge in [0, 0.05) is 17.1 Å². The average molecular weight is 422 g/mol. The van der Waals surface area contributed by atoms with Crippen LogP contribution in [0, 0.1) is 13.8 Å². The van der Waals surface area contributed by atoms with Crippen LogP contribution in [-0.2, 0) is 11.3 Å². The molecule has 2 aromatic heterocycles. The molecule has 0 spiro atoms. The third kappa shape index (κ3) is 2.88. The largest absolute Gasteiger partial charge is 0.351 e. The van der Waals surface area contributed by atoms with E-state index in [-0.39, 0.29) is 17.9 Å². The van der Waals surface area contributed by atoms with Gasteiger partial charge in [-0.1, -0.05) is 18.9 Å². The molecular weight excluding hydrogens is 394 g/mol. The predicted molar refractivity (Wildman–Crippen MR) is 121 cm³/mol. The number of anilines is 1. The van der Waals surface area contributed by atoms with Gasteiger partial charge < -0.3 is 9.88 Å². The molecule has 0 unspecified atom stereocenters. The molecule has 30 heavy (non-hydrogen) atoms. The van der Waals surface area contributed by atoms with Gasteiger partial charge in [-0.2, -0.15) is 0 Å². The van der Waals surface area contributed by atoms with Gasteiger partial charge in [0.2, 0.25) is 5.91 Å². The SMILES string of the molecule is Cc1ccc(N2C(=O)c3cc4ccsc4n3C[C@@]2(C)C(=O)NC2CCCC2)cc1C. The predicted octanol–water partition coefficient (Wildman–Crippen LogP) is 4.80. The normalized spacial score (nSPS) is 22.0. The van der Waals surface area contributed by atoms with Crippen molar-refractivity contribution >= 4 is 39.1 Å².